The largest absolute Gasteiger partial charge is 0.463 e. The number of ether oxygens (including phenoxy) is 1. The predicted octanol–water partition coefficient (Wildman–Crippen LogP) is 3.80. The molecule has 0 aliphatic carbocycles. The van der Waals surface area contributed by atoms with Gasteiger partial charge in [-0.15, -0.1) is 0 Å². The Hall–Kier alpha value is -2.42. The highest BCUT2D eigenvalue weighted by molar-refractivity contribution is 5.77. The van der Waals surface area contributed by atoms with Gasteiger partial charge in [-0.25, -0.2) is 0 Å². The zero-order valence-electron chi connectivity index (χ0n) is 13.1. The van der Waals surface area contributed by atoms with Crippen LogP contribution in [-0.2, 0) is 5.41 Å². The molecule has 0 fully saturated rings. The van der Waals surface area contributed by atoms with E-state index in [0.717, 1.165) is 28.3 Å². The van der Waals surface area contributed by atoms with Crippen molar-refractivity contribution in [3.8, 4) is 5.75 Å². The van der Waals surface area contributed by atoms with Crippen LogP contribution in [-0.4, -0.2) is 12.8 Å². The summed E-state index contributed by atoms with van der Waals surface area (Å²) in [5, 5.41) is 0. The van der Waals surface area contributed by atoms with Crippen LogP contribution in [0.4, 0.5) is 11.4 Å². The molecule has 112 valence electrons. The number of nitrogens with two attached hydrogens (primary N) is 1. The molecule has 2 heterocycles. The first kappa shape index (κ1) is 13.3. The molecule has 4 rings (SSSR count). The Morgan fingerprint density at radius 1 is 1.05 bits per heavy atom. The molecule has 2 aliphatic heterocycles. The summed E-state index contributed by atoms with van der Waals surface area (Å²) in [7, 11) is 2.07. The van der Waals surface area contributed by atoms with Crippen molar-refractivity contribution in [2.75, 3.05) is 17.7 Å². The summed E-state index contributed by atoms with van der Waals surface area (Å²) in [6.07, 6.45) is 4.31. The van der Waals surface area contributed by atoms with Gasteiger partial charge in [0.25, 0.3) is 0 Å². The zero-order chi connectivity index (χ0) is 15.5. The molecule has 2 aliphatic rings. The monoisotopic (exact) mass is 292 g/mol. The summed E-state index contributed by atoms with van der Waals surface area (Å²) < 4.78 is 6.53. The van der Waals surface area contributed by atoms with Gasteiger partial charge in [0.15, 0.2) is 0 Å². The molecular formula is C19H20N2O. The molecule has 2 N–H and O–H groups in total. The highest BCUT2D eigenvalue weighted by Crippen LogP contribution is 2.55. The van der Waals surface area contributed by atoms with Gasteiger partial charge in [0.05, 0.1) is 5.41 Å². The van der Waals surface area contributed by atoms with E-state index in [-0.39, 0.29) is 5.41 Å². The van der Waals surface area contributed by atoms with Crippen LogP contribution in [0.5, 0.6) is 5.75 Å². The lowest BCUT2D eigenvalue weighted by Crippen LogP contribution is -2.58. The standard InChI is InChI=1S/C19H20N2O/c1-18(2)17-14(20)8-6-9-15(17)21(3)19(18)12-11-13-7-4-5-10-16(13)22-19/h4-12H,20H2,1-3H3. The van der Waals surface area contributed by atoms with Crippen LogP contribution >= 0.6 is 0 Å². The van der Waals surface area contributed by atoms with Crippen molar-refractivity contribution in [3.05, 3.63) is 59.7 Å². The Morgan fingerprint density at radius 2 is 1.82 bits per heavy atom. The summed E-state index contributed by atoms with van der Waals surface area (Å²) in [4.78, 5) is 2.20. The summed E-state index contributed by atoms with van der Waals surface area (Å²) >= 11 is 0. The fourth-order valence-electron chi connectivity index (χ4n) is 3.93. The Morgan fingerprint density at radius 3 is 2.59 bits per heavy atom. The quantitative estimate of drug-likeness (QED) is 0.751. The van der Waals surface area contributed by atoms with E-state index in [1.807, 2.05) is 30.3 Å². The normalized spacial score (nSPS) is 24.0. The highest BCUT2D eigenvalue weighted by Gasteiger charge is 2.58. The summed E-state index contributed by atoms with van der Waals surface area (Å²) in [6, 6.07) is 14.2. The summed E-state index contributed by atoms with van der Waals surface area (Å²) in [5.74, 6) is 0.913. The number of nitrogen functional groups attached to an aromatic ring is 1. The summed E-state index contributed by atoms with van der Waals surface area (Å²) in [5.41, 5.74) is 9.70. The van der Waals surface area contributed by atoms with Crippen molar-refractivity contribution in [1.82, 2.24) is 0 Å². The molecule has 1 spiro atoms. The van der Waals surface area contributed by atoms with Crippen molar-refractivity contribution in [2.45, 2.75) is 25.0 Å². The number of hydrogen-bond donors (Lipinski definition) is 1. The highest BCUT2D eigenvalue weighted by atomic mass is 16.5. The Labute approximate surface area is 131 Å². The van der Waals surface area contributed by atoms with Gasteiger partial charge in [0.2, 0.25) is 5.72 Å². The van der Waals surface area contributed by atoms with Crippen LogP contribution in [0.2, 0.25) is 0 Å². The van der Waals surface area contributed by atoms with Crippen LogP contribution in [0.15, 0.2) is 48.5 Å². The molecule has 1 atom stereocenters. The van der Waals surface area contributed by atoms with Crippen molar-refractivity contribution >= 4 is 17.5 Å². The van der Waals surface area contributed by atoms with Gasteiger partial charge < -0.3 is 15.4 Å². The van der Waals surface area contributed by atoms with Crippen molar-refractivity contribution in [2.24, 2.45) is 0 Å². The van der Waals surface area contributed by atoms with Crippen molar-refractivity contribution in [3.63, 3.8) is 0 Å². The number of nitrogens with zero attached hydrogens (tertiary/aromatic N) is 1. The molecular weight excluding hydrogens is 272 g/mol. The molecule has 0 saturated carbocycles. The third kappa shape index (κ3) is 1.41. The van der Waals surface area contributed by atoms with Crippen LogP contribution in [0.1, 0.15) is 25.0 Å². The fourth-order valence-corrected chi connectivity index (χ4v) is 3.93. The predicted molar refractivity (Wildman–Crippen MR) is 91.1 cm³/mol. The average molecular weight is 292 g/mol. The molecule has 0 radical (unpaired) electrons. The van der Waals surface area contributed by atoms with Crippen LogP contribution in [0.25, 0.3) is 6.08 Å². The minimum absolute atomic E-state index is 0.257. The topological polar surface area (TPSA) is 38.5 Å². The second-order valence-electron chi connectivity index (χ2n) is 6.60. The number of likely N-dealkylation sites (N-methyl/N-ethyl adjacent to an activating group) is 1. The maximum absolute atomic E-state index is 6.53. The molecule has 2 aromatic rings. The van der Waals surface area contributed by atoms with E-state index >= 15 is 0 Å². The van der Waals surface area contributed by atoms with E-state index < -0.39 is 5.72 Å². The SMILES string of the molecule is CN1c2cccc(N)c2C(C)(C)C12C=Cc1ccccc1O2. The van der Waals surface area contributed by atoms with E-state index in [9.17, 15) is 0 Å². The Balaban J connectivity index is 1.94. The lowest BCUT2D eigenvalue weighted by atomic mass is 9.75. The summed E-state index contributed by atoms with van der Waals surface area (Å²) in [6.45, 7) is 4.40. The number of rotatable bonds is 0. The fraction of sp³-hybridized carbons (Fsp3) is 0.263. The lowest BCUT2D eigenvalue weighted by molar-refractivity contribution is 0.0584. The number of benzene rings is 2. The van der Waals surface area contributed by atoms with Gasteiger partial charge in [-0.3, -0.25) is 0 Å². The molecule has 1 unspecified atom stereocenters. The third-order valence-electron chi connectivity index (χ3n) is 5.13. The van der Waals surface area contributed by atoms with Crippen molar-refractivity contribution in [1.29, 1.82) is 0 Å². The van der Waals surface area contributed by atoms with Gasteiger partial charge in [-0.05, 0) is 44.2 Å². The number of hydrogen-bond acceptors (Lipinski definition) is 3. The first-order valence-electron chi connectivity index (χ1n) is 7.57. The van der Waals surface area contributed by atoms with Crippen LogP contribution in [0.3, 0.4) is 0 Å². The van der Waals surface area contributed by atoms with Gasteiger partial charge in [0, 0.05) is 29.5 Å². The molecule has 0 amide bonds. The first-order chi connectivity index (χ1) is 10.5. The Kier molecular flexibility index (Phi) is 2.45. The average Bonchev–Trinajstić information content (AvgIpc) is 2.67. The zero-order valence-corrected chi connectivity index (χ0v) is 13.1. The van der Waals surface area contributed by atoms with Crippen molar-refractivity contribution < 1.29 is 4.74 Å². The molecule has 0 aromatic heterocycles. The smallest absolute Gasteiger partial charge is 0.211 e. The first-order valence-corrected chi connectivity index (χ1v) is 7.57. The minimum atomic E-state index is -0.556. The molecule has 22 heavy (non-hydrogen) atoms. The Bertz CT molecular complexity index is 794. The maximum atomic E-state index is 6.53. The minimum Gasteiger partial charge on any atom is -0.463 e. The molecule has 0 bridgehead atoms. The second kappa shape index (κ2) is 4.07. The molecule has 2 aromatic carbocycles. The lowest BCUT2D eigenvalue weighted by Gasteiger charge is -2.45. The second-order valence-corrected chi connectivity index (χ2v) is 6.60. The third-order valence-corrected chi connectivity index (χ3v) is 5.13. The molecule has 0 saturated heterocycles. The van der Waals surface area contributed by atoms with Gasteiger partial charge >= 0.3 is 0 Å². The molecule has 3 heteroatoms. The van der Waals surface area contributed by atoms with Gasteiger partial charge in [-0.2, -0.15) is 0 Å². The number of para-hydroxylation sites is 1. The van der Waals surface area contributed by atoms with Gasteiger partial charge in [-0.1, -0.05) is 24.3 Å². The van der Waals surface area contributed by atoms with E-state index in [2.05, 4.69) is 50.1 Å². The van der Waals surface area contributed by atoms with Crippen LogP contribution < -0.4 is 15.4 Å². The van der Waals surface area contributed by atoms with Gasteiger partial charge in [0.1, 0.15) is 5.75 Å². The molecule has 3 nitrogen and oxygen atoms in total. The number of fused-ring (bicyclic) bond motifs is 2. The number of anilines is 2. The van der Waals surface area contributed by atoms with Crippen LogP contribution in [0, 0.1) is 0 Å². The van der Waals surface area contributed by atoms with E-state index in [1.54, 1.807) is 0 Å². The van der Waals surface area contributed by atoms with E-state index in [1.165, 1.54) is 0 Å². The maximum Gasteiger partial charge on any atom is 0.211 e. The van der Waals surface area contributed by atoms with E-state index in [4.69, 9.17) is 10.5 Å². The van der Waals surface area contributed by atoms with E-state index in [0.29, 0.717) is 0 Å².